The molecule has 0 spiro atoms. The van der Waals surface area contributed by atoms with Crippen LogP contribution in [0.15, 0.2) is 78.0 Å². The van der Waals surface area contributed by atoms with Gasteiger partial charge in [0.05, 0.1) is 12.8 Å². The number of benzene rings is 3. The average molecular weight is 418 g/mol. The van der Waals surface area contributed by atoms with E-state index in [0.29, 0.717) is 24.7 Å². The van der Waals surface area contributed by atoms with E-state index in [0.717, 1.165) is 22.4 Å². The molecule has 0 aliphatic heterocycles. The van der Waals surface area contributed by atoms with Crippen LogP contribution in [0, 0.1) is 6.92 Å². The summed E-state index contributed by atoms with van der Waals surface area (Å²) in [5.41, 5.74) is 3.64. The molecular weight excluding hydrogens is 392 g/mol. The molecule has 0 heterocycles. The summed E-state index contributed by atoms with van der Waals surface area (Å²) >= 11 is 0. The number of ether oxygens (including phenoxy) is 2. The smallest absolute Gasteiger partial charge is 0.265 e. The lowest BCUT2D eigenvalue weighted by atomic mass is 10.2. The van der Waals surface area contributed by atoms with Crippen LogP contribution in [0.25, 0.3) is 0 Å². The lowest BCUT2D eigenvalue weighted by Gasteiger charge is -2.12. The van der Waals surface area contributed by atoms with Crippen molar-refractivity contribution in [2.75, 3.05) is 18.5 Å². The van der Waals surface area contributed by atoms with Crippen molar-refractivity contribution in [3.8, 4) is 11.5 Å². The first-order valence-corrected chi connectivity index (χ1v) is 10.1. The first kappa shape index (κ1) is 21.9. The lowest BCUT2D eigenvalue weighted by Crippen LogP contribution is -2.16. The summed E-state index contributed by atoms with van der Waals surface area (Å²) in [6.07, 6.45) is 1.53. The number of hydrogen-bond donors (Lipinski definition) is 1. The summed E-state index contributed by atoms with van der Waals surface area (Å²) in [6, 6.07) is 23.0. The maximum absolute atomic E-state index is 12.0. The molecule has 0 aliphatic carbocycles. The maximum atomic E-state index is 12.0. The molecule has 6 heteroatoms. The van der Waals surface area contributed by atoms with Gasteiger partial charge in [-0.2, -0.15) is 0 Å². The minimum Gasteiger partial charge on any atom is -0.490 e. The molecule has 0 saturated carbocycles. The number of carbonyl (C=O) groups excluding carboxylic acids is 1. The van der Waals surface area contributed by atoms with E-state index < -0.39 is 0 Å². The zero-order valence-corrected chi connectivity index (χ0v) is 17.7. The fraction of sp³-hybridized carbons (Fsp3) is 0.200. The minimum absolute atomic E-state index is 0.180. The number of carbonyl (C=O) groups is 1. The third-order valence-corrected chi connectivity index (χ3v) is 4.28. The molecule has 3 rings (SSSR count). The summed E-state index contributed by atoms with van der Waals surface area (Å²) in [5.74, 6) is 1.00. The second-order valence-corrected chi connectivity index (χ2v) is 6.84. The van der Waals surface area contributed by atoms with E-state index in [2.05, 4.69) is 10.5 Å². The predicted molar refractivity (Wildman–Crippen MR) is 122 cm³/mol. The van der Waals surface area contributed by atoms with Crippen LogP contribution in [-0.4, -0.2) is 25.3 Å². The molecule has 0 bridgehead atoms. The largest absolute Gasteiger partial charge is 0.490 e. The van der Waals surface area contributed by atoms with Crippen molar-refractivity contribution in [1.29, 1.82) is 0 Å². The van der Waals surface area contributed by atoms with Gasteiger partial charge in [0.15, 0.2) is 18.1 Å². The van der Waals surface area contributed by atoms with Crippen molar-refractivity contribution in [3.63, 3.8) is 0 Å². The van der Waals surface area contributed by atoms with Crippen LogP contribution in [0.1, 0.15) is 23.6 Å². The standard InChI is InChI=1S/C25H26N2O4/c1-3-29-24-15-21(12-13-23(24)30-17-20-9-5-4-6-10-20)16-26-31-18-25(28)27-22-11-7-8-19(2)14-22/h4-16H,3,17-18H2,1-2H3,(H,27,28). The Morgan fingerprint density at radius 3 is 2.58 bits per heavy atom. The molecule has 0 aliphatic rings. The molecule has 0 aromatic heterocycles. The van der Waals surface area contributed by atoms with Crippen LogP contribution in [-0.2, 0) is 16.2 Å². The molecular formula is C25H26N2O4. The predicted octanol–water partition coefficient (Wildman–Crippen LogP) is 4.96. The fourth-order valence-electron chi connectivity index (χ4n) is 2.84. The van der Waals surface area contributed by atoms with E-state index in [1.807, 2.05) is 86.6 Å². The van der Waals surface area contributed by atoms with Gasteiger partial charge in [-0.25, -0.2) is 0 Å². The van der Waals surface area contributed by atoms with Crippen LogP contribution >= 0.6 is 0 Å². The Morgan fingerprint density at radius 2 is 1.81 bits per heavy atom. The molecule has 0 radical (unpaired) electrons. The Morgan fingerprint density at radius 1 is 0.968 bits per heavy atom. The van der Waals surface area contributed by atoms with Crippen molar-refractivity contribution < 1.29 is 19.1 Å². The van der Waals surface area contributed by atoms with Crippen LogP contribution in [0.3, 0.4) is 0 Å². The maximum Gasteiger partial charge on any atom is 0.265 e. The van der Waals surface area contributed by atoms with Gasteiger partial charge in [-0.3, -0.25) is 4.79 Å². The topological polar surface area (TPSA) is 69.2 Å². The van der Waals surface area contributed by atoms with Gasteiger partial charge in [-0.15, -0.1) is 0 Å². The third kappa shape index (κ3) is 7.19. The Labute approximate surface area is 182 Å². The van der Waals surface area contributed by atoms with Crippen LogP contribution < -0.4 is 14.8 Å². The number of amides is 1. The number of anilines is 1. The molecule has 31 heavy (non-hydrogen) atoms. The van der Waals surface area contributed by atoms with Crippen LogP contribution in [0.4, 0.5) is 5.69 Å². The number of hydrogen-bond acceptors (Lipinski definition) is 5. The van der Waals surface area contributed by atoms with Crippen LogP contribution in [0.5, 0.6) is 11.5 Å². The Kier molecular flexibility index (Phi) is 8.05. The summed E-state index contributed by atoms with van der Waals surface area (Å²) in [5, 5.41) is 6.65. The molecule has 0 unspecified atom stereocenters. The number of oxime groups is 1. The zero-order chi connectivity index (χ0) is 21.9. The fourth-order valence-corrected chi connectivity index (χ4v) is 2.84. The van der Waals surface area contributed by atoms with Gasteiger partial charge in [0, 0.05) is 11.3 Å². The molecule has 0 saturated heterocycles. The number of nitrogens with zero attached hydrogens (tertiary/aromatic N) is 1. The summed E-state index contributed by atoms with van der Waals surface area (Å²) in [7, 11) is 0. The first-order chi connectivity index (χ1) is 15.1. The molecule has 0 fully saturated rings. The van der Waals surface area contributed by atoms with E-state index in [1.165, 1.54) is 6.21 Å². The molecule has 160 valence electrons. The van der Waals surface area contributed by atoms with Gasteiger partial charge in [-0.05, 0) is 55.3 Å². The molecule has 1 amide bonds. The molecule has 0 atom stereocenters. The van der Waals surface area contributed by atoms with Gasteiger partial charge in [0.2, 0.25) is 0 Å². The van der Waals surface area contributed by atoms with Gasteiger partial charge in [-0.1, -0.05) is 47.6 Å². The normalized spacial score (nSPS) is 10.6. The van der Waals surface area contributed by atoms with Crippen LogP contribution in [0.2, 0.25) is 0 Å². The minimum atomic E-state index is -0.276. The lowest BCUT2D eigenvalue weighted by molar-refractivity contribution is -0.120. The van der Waals surface area contributed by atoms with Gasteiger partial charge < -0.3 is 19.6 Å². The van der Waals surface area contributed by atoms with Crippen molar-refractivity contribution in [2.45, 2.75) is 20.5 Å². The van der Waals surface area contributed by atoms with E-state index >= 15 is 0 Å². The Balaban J connectivity index is 1.53. The van der Waals surface area contributed by atoms with Crippen molar-refractivity contribution in [3.05, 3.63) is 89.5 Å². The molecule has 3 aromatic rings. The Bertz CT molecular complexity index is 1020. The van der Waals surface area contributed by atoms with Crippen molar-refractivity contribution in [2.24, 2.45) is 5.16 Å². The Hall–Kier alpha value is -3.80. The van der Waals surface area contributed by atoms with E-state index in [-0.39, 0.29) is 12.5 Å². The average Bonchev–Trinajstić information content (AvgIpc) is 2.77. The van der Waals surface area contributed by atoms with E-state index in [4.69, 9.17) is 14.3 Å². The summed E-state index contributed by atoms with van der Waals surface area (Å²) in [4.78, 5) is 17.1. The van der Waals surface area contributed by atoms with E-state index in [9.17, 15) is 4.79 Å². The highest BCUT2D eigenvalue weighted by Crippen LogP contribution is 2.29. The molecule has 1 N–H and O–H groups in total. The number of nitrogens with one attached hydrogen (secondary N) is 1. The quantitative estimate of drug-likeness (QED) is 0.373. The highest BCUT2D eigenvalue weighted by molar-refractivity contribution is 5.91. The zero-order valence-electron chi connectivity index (χ0n) is 17.7. The van der Waals surface area contributed by atoms with E-state index in [1.54, 1.807) is 0 Å². The van der Waals surface area contributed by atoms with Gasteiger partial charge in [0.1, 0.15) is 6.61 Å². The summed E-state index contributed by atoms with van der Waals surface area (Å²) < 4.78 is 11.6. The van der Waals surface area contributed by atoms with Crippen molar-refractivity contribution in [1.82, 2.24) is 0 Å². The third-order valence-electron chi connectivity index (χ3n) is 4.28. The highest BCUT2D eigenvalue weighted by atomic mass is 16.6. The second kappa shape index (κ2) is 11.4. The second-order valence-electron chi connectivity index (χ2n) is 6.84. The number of rotatable bonds is 10. The van der Waals surface area contributed by atoms with Crippen molar-refractivity contribution >= 4 is 17.8 Å². The number of aryl methyl sites for hydroxylation is 1. The SMILES string of the molecule is CCOc1cc(C=NOCC(=O)Nc2cccc(C)c2)ccc1OCc1ccccc1. The van der Waals surface area contributed by atoms with Gasteiger partial charge in [0.25, 0.3) is 5.91 Å². The molecule has 6 nitrogen and oxygen atoms in total. The highest BCUT2D eigenvalue weighted by Gasteiger charge is 2.07. The summed E-state index contributed by atoms with van der Waals surface area (Å²) in [6.45, 7) is 4.66. The molecule has 3 aromatic carbocycles. The first-order valence-electron chi connectivity index (χ1n) is 10.1. The van der Waals surface area contributed by atoms with Gasteiger partial charge >= 0.3 is 0 Å². The monoisotopic (exact) mass is 418 g/mol.